The van der Waals surface area contributed by atoms with E-state index in [0.717, 1.165) is 44.5 Å². The lowest BCUT2D eigenvalue weighted by Crippen LogP contribution is -2.48. The van der Waals surface area contributed by atoms with Gasteiger partial charge in [0.2, 0.25) is 5.91 Å². The van der Waals surface area contributed by atoms with Gasteiger partial charge in [-0.05, 0) is 43.5 Å². The first-order valence-electron chi connectivity index (χ1n) is 8.50. The average Bonchev–Trinajstić information content (AvgIpc) is 3.01. The molecule has 2 aliphatic rings. The van der Waals surface area contributed by atoms with E-state index < -0.39 is 5.97 Å². The molecule has 6 heteroatoms. The Labute approximate surface area is 142 Å². The van der Waals surface area contributed by atoms with E-state index in [1.54, 1.807) is 12.1 Å². The summed E-state index contributed by atoms with van der Waals surface area (Å²) < 4.78 is 5.11. The molecule has 2 heterocycles. The van der Waals surface area contributed by atoms with Crippen molar-refractivity contribution in [2.24, 2.45) is 0 Å². The zero-order valence-corrected chi connectivity index (χ0v) is 14.0. The molecule has 0 radical (unpaired) electrons. The number of carbonyl (C=O) groups is 2. The van der Waals surface area contributed by atoms with Gasteiger partial charge in [0.15, 0.2) is 0 Å². The lowest BCUT2D eigenvalue weighted by atomic mass is 10.0. The fourth-order valence-electron chi connectivity index (χ4n) is 3.76. The van der Waals surface area contributed by atoms with Crippen molar-refractivity contribution in [2.75, 3.05) is 26.7 Å². The number of hydrogen-bond acceptors (Lipinski definition) is 4. The van der Waals surface area contributed by atoms with Gasteiger partial charge in [0, 0.05) is 32.1 Å². The van der Waals surface area contributed by atoms with Crippen LogP contribution in [0.15, 0.2) is 18.2 Å². The number of ether oxygens (including phenoxy) is 1. The average molecular weight is 332 g/mol. The second-order valence-electron chi connectivity index (χ2n) is 6.56. The van der Waals surface area contributed by atoms with Crippen molar-refractivity contribution in [3.63, 3.8) is 0 Å². The highest BCUT2D eigenvalue weighted by atomic mass is 16.5. The zero-order chi connectivity index (χ0) is 17.1. The first-order valence-corrected chi connectivity index (χ1v) is 8.50. The van der Waals surface area contributed by atoms with Crippen LogP contribution in [-0.2, 0) is 11.3 Å². The van der Waals surface area contributed by atoms with E-state index in [4.69, 9.17) is 4.74 Å². The first kappa shape index (κ1) is 16.8. The van der Waals surface area contributed by atoms with Crippen molar-refractivity contribution < 1.29 is 19.4 Å². The number of carboxylic acid groups (broad SMARTS) is 1. The molecule has 130 valence electrons. The first-order chi connectivity index (χ1) is 11.6. The molecule has 2 fully saturated rings. The van der Waals surface area contributed by atoms with E-state index in [1.165, 1.54) is 7.11 Å². The summed E-state index contributed by atoms with van der Waals surface area (Å²) in [5.74, 6) is -0.322. The number of likely N-dealkylation sites (tertiary alicyclic amines) is 2. The second-order valence-corrected chi connectivity index (χ2v) is 6.56. The fourth-order valence-corrected chi connectivity index (χ4v) is 3.76. The predicted octanol–water partition coefficient (Wildman–Crippen LogP) is 1.98. The second kappa shape index (κ2) is 7.21. The van der Waals surface area contributed by atoms with Gasteiger partial charge < -0.3 is 14.7 Å². The number of nitrogens with zero attached hydrogens (tertiary/aromatic N) is 2. The molecule has 2 aliphatic heterocycles. The minimum atomic E-state index is -0.979. The van der Waals surface area contributed by atoms with Crippen molar-refractivity contribution in [3.05, 3.63) is 29.3 Å². The van der Waals surface area contributed by atoms with Crippen LogP contribution in [0.5, 0.6) is 5.75 Å². The van der Waals surface area contributed by atoms with Gasteiger partial charge in [-0.25, -0.2) is 4.79 Å². The smallest absolute Gasteiger partial charge is 0.339 e. The number of hydrogen-bond donors (Lipinski definition) is 1. The van der Waals surface area contributed by atoms with Crippen LogP contribution in [0.1, 0.15) is 41.6 Å². The van der Waals surface area contributed by atoms with Crippen molar-refractivity contribution in [1.82, 2.24) is 9.80 Å². The standard InChI is InChI=1S/C18H24N2O4/c1-24-16-7-6-13(10-15(16)18(22)23)11-19-8-2-4-14(12-19)20-9-3-5-17(20)21/h6-7,10,14H,2-5,8-9,11-12H2,1H3,(H,22,23). The van der Waals surface area contributed by atoms with Crippen LogP contribution in [-0.4, -0.2) is 59.6 Å². The molecule has 0 aromatic heterocycles. The molecule has 3 rings (SSSR count). The van der Waals surface area contributed by atoms with Gasteiger partial charge in [0.25, 0.3) is 0 Å². The summed E-state index contributed by atoms with van der Waals surface area (Å²) in [5.41, 5.74) is 1.15. The number of rotatable bonds is 5. The molecule has 0 saturated carbocycles. The molecule has 0 aliphatic carbocycles. The van der Waals surface area contributed by atoms with Crippen molar-refractivity contribution >= 4 is 11.9 Å². The Morgan fingerprint density at radius 3 is 2.83 bits per heavy atom. The van der Waals surface area contributed by atoms with Gasteiger partial charge in [0.05, 0.1) is 7.11 Å². The van der Waals surface area contributed by atoms with Crippen molar-refractivity contribution in [2.45, 2.75) is 38.3 Å². The van der Waals surface area contributed by atoms with E-state index in [1.807, 2.05) is 11.0 Å². The Morgan fingerprint density at radius 2 is 2.17 bits per heavy atom. The Hall–Kier alpha value is -2.08. The van der Waals surface area contributed by atoms with Crippen LogP contribution in [0, 0.1) is 0 Å². The summed E-state index contributed by atoms with van der Waals surface area (Å²) >= 11 is 0. The van der Waals surface area contributed by atoms with Crippen molar-refractivity contribution in [1.29, 1.82) is 0 Å². The maximum Gasteiger partial charge on any atom is 0.339 e. The zero-order valence-electron chi connectivity index (χ0n) is 14.0. The minimum absolute atomic E-state index is 0.193. The minimum Gasteiger partial charge on any atom is -0.496 e. The number of benzene rings is 1. The van der Waals surface area contributed by atoms with Crippen molar-refractivity contribution in [3.8, 4) is 5.75 Å². The quantitative estimate of drug-likeness (QED) is 0.893. The largest absolute Gasteiger partial charge is 0.496 e. The van der Waals surface area contributed by atoms with Gasteiger partial charge in [-0.1, -0.05) is 6.07 Å². The van der Waals surface area contributed by atoms with Gasteiger partial charge in [0.1, 0.15) is 11.3 Å². The Balaban J connectivity index is 1.68. The molecule has 1 amide bonds. The normalized spacial score (nSPS) is 22.0. The summed E-state index contributed by atoms with van der Waals surface area (Å²) in [6.45, 7) is 3.42. The van der Waals surface area contributed by atoms with Gasteiger partial charge in [-0.15, -0.1) is 0 Å². The lowest BCUT2D eigenvalue weighted by Gasteiger charge is -2.37. The van der Waals surface area contributed by atoms with Crippen LogP contribution >= 0.6 is 0 Å². The van der Waals surface area contributed by atoms with Crippen LogP contribution in [0.4, 0.5) is 0 Å². The van der Waals surface area contributed by atoms with Crippen LogP contribution in [0.3, 0.4) is 0 Å². The number of aromatic carboxylic acids is 1. The number of carbonyl (C=O) groups excluding carboxylic acids is 1. The lowest BCUT2D eigenvalue weighted by molar-refractivity contribution is -0.130. The predicted molar refractivity (Wildman–Crippen MR) is 89.2 cm³/mol. The monoisotopic (exact) mass is 332 g/mol. The molecule has 1 aromatic rings. The Kier molecular flexibility index (Phi) is 5.04. The fraction of sp³-hybridized carbons (Fsp3) is 0.556. The molecule has 6 nitrogen and oxygen atoms in total. The summed E-state index contributed by atoms with van der Waals surface area (Å²) in [6, 6.07) is 5.61. The third kappa shape index (κ3) is 3.53. The van der Waals surface area contributed by atoms with Gasteiger partial charge in [-0.3, -0.25) is 9.69 Å². The topological polar surface area (TPSA) is 70.1 Å². The maximum atomic E-state index is 12.0. The maximum absolute atomic E-state index is 12.0. The van der Waals surface area contributed by atoms with Crippen LogP contribution < -0.4 is 4.74 Å². The molecule has 1 aromatic carbocycles. The molecule has 1 unspecified atom stereocenters. The SMILES string of the molecule is COc1ccc(CN2CCCC(N3CCCC3=O)C2)cc1C(=O)O. The summed E-state index contributed by atoms with van der Waals surface area (Å²) in [6.07, 6.45) is 3.77. The van der Waals surface area contributed by atoms with E-state index in [0.29, 0.717) is 24.8 Å². The third-order valence-electron chi connectivity index (χ3n) is 4.93. The molecule has 1 N–H and O–H groups in total. The third-order valence-corrected chi connectivity index (χ3v) is 4.93. The van der Waals surface area contributed by atoms with Crippen LogP contribution in [0.25, 0.3) is 0 Å². The van der Waals surface area contributed by atoms with Gasteiger partial charge in [-0.2, -0.15) is 0 Å². The van der Waals surface area contributed by atoms with E-state index >= 15 is 0 Å². The summed E-state index contributed by atoms with van der Waals surface area (Å²) in [4.78, 5) is 27.6. The molecular formula is C18H24N2O4. The van der Waals surface area contributed by atoms with Crippen LogP contribution in [0.2, 0.25) is 0 Å². The van der Waals surface area contributed by atoms with E-state index in [9.17, 15) is 14.7 Å². The van der Waals surface area contributed by atoms with E-state index in [-0.39, 0.29) is 11.5 Å². The molecular weight excluding hydrogens is 308 g/mol. The molecule has 2 saturated heterocycles. The molecule has 0 spiro atoms. The number of piperidine rings is 1. The highest BCUT2D eigenvalue weighted by molar-refractivity contribution is 5.91. The number of amides is 1. The van der Waals surface area contributed by atoms with E-state index in [2.05, 4.69) is 4.90 Å². The summed E-state index contributed by atoms with van der Waals surface area (Å²) in [7, 11) is 1.48. The summed E-state index contributed by atoms with van der Waals surface area (Å²) in [5, 5.41) is 9.30. The molecule has 0 bridgehead atoms. The highest BCUT2D eigenvalue weighted by Gasteiger charge is 2.31. The molecule has 24 heavy (non-hydrogen) atoms. The van der Waals surface area contributed by atoms with Gasteiger partial charge >= 0.3 is 5.97 Å². The number of carboxylic acids is 1. The highest BCUT2D eigenvalue weighted by Crippen LogP contribution is 2.24. The Bertz CT molecular complexity index is 631. The molecule has 1 atom stereocenters. The number of methoxy groups -OCH3 is 1. The Morgan fingerprint density at radius 1 is 1.33 bits per heavy atom.